The molecule has 0 aromatic carbocycles. The Labute approximate surface area is 65.0 Å². The fourth-order valence-electron chi connectivity index (χ4n) is 1.25. The van der Waals surface area contributed by atoms with Gasteiger partial charge in [0, 0.05) is 20.0 Å². The summed E-state index contributed by atoms with van der Waals surface area (Å²) >= 11 is 0. The molecule has 0 amide bonds. The fraction of sp³-hybridized carbons (Fsp3) is 0.750. The average molecular weight is 162 g/mol. The monoisotopic (exact) mass is 162 g/mol. The number of rotatable bonds is 1. The Kier molecular flexibility index (Phi) is 2.60. The zero-order chi connectivity index (χ0) is 8.43. The Morgan fingerprint density at radius 2 is 1.82 bits per heavy atom. The molecule has 1 nitrogen and oxygen atoms in total. The van der Waals surface area contributed by atoms with Crippen LogP contribution in [0.2, 0.25) is 0 Å². The van der Waals surface area contributed by atoms with Crippen LogP contribution < -0.4 is 0 Å². The predicted molar refractivity (Wildman–Crippen MR) is 39.0 cm³/mol. The minimum atomic E-state index is -1.23. The molecule has 1 rings (SSSR count). The molecule has 1 aliphatic carbocycles. The molecule has 2 unspecified atom stereocenters. The van der Waals surface area contributed by atoms with Crippen LogP contribution in [0.25, 0.3) is 0 Å². The summed E-state index contributed by atoms with van der Waals surface area (Å²) in [5, 5.41) is 0. The van der Waals surface area contributed by atoms with E-state index in [0.29, 0.717) is 0 Å². The van der Waals surface area contributed by atoms with Gasteiger partial charge in [0.1, 0.15) is 12.3 Å². The quantitative estimate of drug-likeness (QED) is 0.536. The first kappa shape index (κ1) is 8.65. The molecule has 0 bridgehead atoms. The lowest BCUT2D eigenvalue weighted by Crippen LogP contribution is -2.31. The van der Waals surface area contributed by atoms with Crippen LogP contribution in [-0.2, 0) is 4.74 Å². The lowest BCUT2D eigenvalue weighted by molar-refractivity contribution is 0.0338. The number of methoxy groups -OCH3 is 1. The SMILES string of the molecule is C=C1C(F)CC(OC)CC1F. The molecule has 0 spiro atoms. The Bertz CT molecular complexity index is 144. The highest BCUT2D eigenvalue weighted by molar-refractivity contribution is 5.13. The number of halogens is 2. The van der Waals surface area contributed by atoms with E-state index in [0.717, 1.165) is 0 Å². The zero-order valence-electron chi connectivity index (χ0n) is 6.52. The van der Waals surface area contributed by atoms with E-state index in [1.165, 1.54) is 7.11 Å². The molecule has 11 heavy (non-hydrogen) atoms. The van der Waals surface area contributed by atoms with Crippen LogP contribution >= 0.6 is 0 Å². The minimum absolute atomic E-state index is 0.0679. The first-order valence-corrected chi connectivity index (χ1v) is 3.64. The van der Waals surface area contributed by atoms with Gasteiger partial charge in [0.2, 0.25) is 0 Å². The van der Waals surface area contributed by atoms with Crippen molar-refractivity contribution in [3.8, 4) is 0 Å². The molecule has 0 N–H and O–H groups in total. The number of alkyl halides is 2. The van der Waals surface area contributed by atoms with E-state index >= 15 is 0 Å². The van der Waals surface area contributed by atoms with Crippen molar-refractivity contribution in [1.29, 1.82) is 0 Å². The second-order valence-corrected chi connectivity index (χ2v) is 2.84. The summed E-state index contributed by atoms with van der Waals surface area (Å²) in [5.74, 6) is 0. The van der Waals surface area contributed by atoms with E-state index in [1.54, 1.807) is 0 Å². The highest BCUT2D eigenvalue weighted by atomic mass is 19.1. The topological polar surface area (TPSA) is 9.23 Å². The summed E-state index contributed by atoms with van der Waals surface area (Å²) in [4.78, 5) is 0. The molecular formula is C8H12F2O. The summed E-state index contributed by atoms with van der Waals surface area (Å²) in [6, 6.07) is 0. The van der Waals surface area contributed by atoms with Crippen LogP contribution in [0.15, 0.2) is 12.2 Å². The van der Waals surface area contributed by atoms with E-state index in [2.05, 4.69) is 6.58 Å². The van der Waals surface area contributed by atoms with Crippen molar-refractivity contribution in [3.05, 3.63) is 12.2 Å². The van der Waals surface area contributed by atoms with Gasteiger partial charge < -0.3 is 4.74 Å². The Morgan fingerprint density at radius 1 is 1.36 bits per heavy atom. The number of ether oxygens (including phenoxy) is 1. The summed E-state index contributed by atoms with van der Waals surface area (Å²) in [6.45, 7) is 3.34. The van der Waals surface area contributed by atoms with Gasteiger partial charge in [-0.25, -0.2) is 8.78 Å². The molecule has 3 heteroatoms. The van der Waals surface area contributed by atoms with Crippen LogP contribution in [0.1, 0.15) is 12.8 Å². The van der Waals surface area contributed by atoms with Crippen molar-refractivity contribution in [2.45, 2.75) is 31.3 Å². The lowest BCUT2D eigenvalue weighted by atomic mass is 9.90. The third-order valence-corrected chi connectivity index (χ3v) is 2.08. The second-order valence-electron chi connectivity index (χ2n) is 2.84. The first-order valence-electron chi connectivity index (χ1n) is 3.64. The Balaban J connectivity index is 2.54. The van der Waals surface area contributed by atoms with Gasteiger partial charge in [-0.15, -0.1) is 0 Å². The normalized spacial score (nSPS) is 39.2. The molecule has 0 aromatic rings. The number of hydrogen-bond donors (Lipinski definition) is 0. The molecule has 1 fully saturated rings. The largest absolute Gasteiger partial charge is 0.381 e. The van der Waals surface area contributed by atoms with Crippen molar-refractivity contribution < 1.29 is 13.5 Å². The fourth-order valence-corrected chi connectivity index (χ4v) is 1.25. The molecule has 2 atom stereocenters. The number of hydrogen-bond acceptors (Lipinski definition) is 1. The molecule has 64 valence electrons. The van der Waals surface area contributed by atoms with Gasteiger partial charge in [-0.2, -0.15) is 0 Å². The first-order chi connectivity index (χ1) is 5.15. The second kappa shape index (κ2) is 3.30. The van der Waals surface area contributed by atoms with Crippen LogP contribution in [0, 0.1) is 0 Å². The Hall–Kier alpha value is -0.440. The summed E-state index contributed by atoms with van der Waals surface area (Å²) in [5.41, 5.74) is 0.0679. The van der Waals surface area contributed by atoms with Gasteiger partial charge in [-0.1, -0.05) is 6.58 Å². The van der Waals surface area contributed by atoms with Gasteiger partial charge in [0.25, 0.3) is 0 Å². The van der Waals surface area contributed by atoms with Crippen molar-refractivity contribution >= 4 is 0 Å². The summed E-state index contributed by atoms with van der Waals surface area (Å²) in [6.07, 6.45) is -2.26. The standard InChI is InChI=1S/C8H12F2O/c1-5-7(9)3-6(11-2)4-8(5)10/h6-8H,1,3-4H2,2H3. The Morgan fingerprint density at radius 3 is 2.18 bits per heavy atom. The van der Waals surface area contributed by atoms with Crippen LogP contribution in [0.3, 0.4) is 0 Å². The average Bonchev–Trinajstić information content (AvgIpc) is 1.99. The van der Waals surface area contributed by atoms with Gasteiger partial charge in [-0.05, 0) is 5.57 Å². The maximum Gasteiger partial charge on any atom is 0.126 e. The van der Waals surface area contributed by atoms with Crippen molar-refractivity contribution in [1.82, 2.24) is 0 Å². The minimum Gasteiger partial charge on any atom is -0.381 e. The maximum absolute atomic E-state index is 12.8. The lowest BCUT2D eigenvalue weighted by Gasteiger charge is -2.27. The van der Waals surface area contributed by atoms with Crippen molar-refractivity contribution in [3.63, 3.8) is 0 Å². The number of allylic oxidation sites excluding steroid dienone is 1. The molecule has 0 aromatic heterocycles. The van der Waals surface area contributed by atoms with Crippen LogP contribution in [0.5, 0.6) is 0 Å². The smallest absolute Gasteiger partial charge is 0.126 e. The molecular weight excluding hydrogens is 150 g/mol. The van der Waals surface area contributed by atoms with Crippen molar-refractivity contribution in [2.75, 3.05) is 7.11 Å². The van der Waals surface area contributed by atoms with Crippen molar-refractivity contribution in [2.24, 2.45) is 0 Å². The molecule has 0 aliphatic heterocycles. The maximum atomic E-state index is 12.8. The molecule has 1 aliphatic rings. The summed E-state index contributed by atoms with van der Waals surface area (Å²) < 4.78 is 30.5. The highest BCUT2D eigenvalue weighted by Gasteiger charge is 2.31. The van der Waals surface area contributed by atoms with E-state index in [4.69, 9.17) is 4.74 Å². The van der Waals surface area contributed by atoms with Gasteiger partial charge in [0.05, 0.1) is 6.10 Å². The van der Waals surface area contributed by atoms with Gasteiger partial charge >= 0.3 is 0 Å². The summed E-state index contributed by atoms with van der Waals surface area (Å²) in [7, 11) is 1.47. The van der Waals surface area contributed by atoms with Crippen LogP contribution in [-0.4, -0.2) is 25.6 Å². The third kappa shape index (κ3) is 1.77. The molecule has 1 saturated carbocycles. The molecule has 0 radical (unpaired) electrons. The predicted octanol–water partition coefficient (Wildman–Crippen LogP) is 2.03. The molecule has 0 heterocycles. The zero-order valence-corrected chi connectivity index (χ0v) is 6.52. The van der Waals surface area contributed by atoms with Crippen LogP contribution in [0.4, 0.5) is 8.78 Å². The van der Waals surface area contributed by atoms with Gasteiger partial charge in [0.15, 0.2) is 0 Å². The van der Waals surface area contributed by atoms with E-state index in [9.17, 15) is 8.78 Å². The highest BCUT2D eigenvalue weighted by Crippen LogP contribution is 2.29. The van der Waals surface area contributed by atoms with Gasteiger partial charge in [-0.3, -0.25) is 0 Å². The van der Waals surface area contributed by atoms with E-state index in [-0.39, 0.29) is 24.5 Å². The van der Waals surface area contributed by atoms with E-state index in [1.807, 2.05) is 0 Å². The van der Waals surface area contributed by atoms with E-state index < -0.39 is 12.3 Å². The molecule has 0 saturated heterocycles. The third-order valence-electron chi connectivity index (χ3n) is 2.08.